The molecule has 0 aromatic heterocycles. The summed E-state index contributed by atoms with van der Waals surface area (Å²) >= 11 is 0. The van der Waals surface area contributed by atoms with E-state index in [1.54, 1.807) is 34.6 Å². The van der Waals surface area contributed by atoms with Gasteiger partial charge in [0.05, 0.1) is 0 Å². The summed E-state index contributed by atoms with van der Waals surface area (Å²) in [5, 5.41) is 22.5. The molecule has 6 heteroatoms. The monoisotopic (exact) mass is 313 g/mol. The van der Waals surface area contributed by atoms with Crippen LogP contribution in [0.2, 0.25) is 0 Å². The number of carbonyl (C=O) groups excluding carboxylic acids is 1. The van der Waals surface area contributed by atoms with Gasteiger partial charge in [0.15, 0.2) is 0 Å². The molecule has 0 fully saturated rings. The van der Waals surface area contributed by atoms with Gasteiger partial charge in [0, 0.05) is 6.54 Å². The molecule has 3 N–H and O–H groups in total. The number of ether oxygens (including phenoxy) is 1. The van der Waals surface area contributed by atoms with Gasteiger partial charge in [-0.1, -0.05) is 12.1 Å². The van der Waals surface area contributed by atoms with Gasteiger partial charge in [-0.15, -0.1) is 0 Å². The highest BCUT2D eigenvalue weighted by Crippen LogP contribution is 2.22. The van der Waals surface area contributed by atoms with Crippen molar-refractivity contribution in [2.24, 2.45) is 0 Å². The Hall–Kier alpha value is -1.66. The SMILES string of the molecule is Cc1cc(C(O)C(O)CNC(=O)OC(C)(C)C)cc(C)c1F. The molecule has 0 saturated heterocycles. The van der Waals surface area contributed by atoms with E-state index in [-0.39, 0.29) is 12.4 Å². The summed E-state index contributed by atoms with van der Waals surface area (Å²) in [7, 11) is 0. The number of rotatable bonds is 4. The highest BCUT2D eigenvalue weighted by molar-refractivity contribution is 5.67. The molecule has 2 atom stereocenters. The first-order valence-corrected chi connectivity index (χ1v) is 7.11. The number of halogens is 1. The molecule has 0 aliphatic rings. The van der Waals surface area contributed by atoms with Crippen LogP contribution in [0, 0.1) is 19.7 Å². The zero-order valence-electron chi connectivity index (χ0n) is 13.6. The first-order valence-electron chi connectivity index (χ1n) is 7.11. The van der Waals surface area contributed by atoms with E-state index in [0.717, 1.165) is 0 Å². The number of alkyl carbamates (subject to hydrolysis) is 1. The van der Waals surface area contributed by atoms with Crippen LogP contribution in [0.15, 0.2) is 12.1 Å². The predicted molar refractivity (Wildman–Crippen MR) is 81.1 cm³/mol. The lowest BCUT2D eigenvalue weighted by Crippen LogP contribution is -2.38. The molecule has 2 unspecified atom stereocenters. The molecule has 1 rings (SSSR count). The van der Waals surface area contributed by atoms with E-state index in [0.29, 0.717) is 16.7 Å². The van der Waals surface area contributed by atoms with Crippen LogP contribution < -0.4 is 5.32 Å². The number of benzene rings is 1. The minimum absolute atomic E-state index is 0.175. The quantitative estimate of drug-likeness (QED) is 0.797. The van der Waals surface area contributed by atoms with Gasteiger partial charge in [-0.3, -0.25) is 0 Å². The van der Waals surface area contributed by atoms with Crippen molar-refractivity contribution in [3.63, 3.8) is 0 Å². The van der Waals surface area contributed by atoms with Crippen LogP contribution >= 0.6 is 0 Å². The second-order valence-electron chi connectivity index (χ2n) is 6.36. The van der Waals surface area contributed by atoms with Crippen LogP contribution in [0.25, 0.3) is 0 Å². The summed E-state index contributed by atoms with van der Waals surface area (Å²) in [6.07, 6.45) is -3.13. The zero-order valence-corrected chi connectivity index (χ0v) is 13.6. The Kier molecular flexibility index (Phi) is 5.91. The topological polar surface area (TPSA) is 78.8 Å². The third kappa shape index (κ3) is 5.27. The Morgan fingerprint density at radius 2 is 1.77 bits per heavy atom. The molecule has 22 heavy (non-hydrogen) atoms. The summed E-state index contributed by atoms with van der Waals surface area (Å²) in [4.78, 5) is 11.5. The minimum atomic E-state index is -1.23. The molecule has 5 nitrogen and oxygen atoms in total. The van der Waals surface area contributed by atoms with Gasteiger partial charge >= 0.3 is 6.09 Å². The Bertz CT molecular complexity index is 516. The smallest absolute Gasteiger partial charge is 0.407 e. The fourth-order valence-corrected chi connectivity index (χ4v) is 1.99. The summed E-state index contributed by atoms with van der Waals surface area (Å²) in [5.74, 6) is -0.336. The molecule has 0 aliphatic heterocycles. The highest BCUT2D eigenvalue weighted by Gasteiger charge is 2.22. The fourth-order valence-electron chi connectivity index (χ4n) is 1.99. The van der Waals surface area contributed by atoms with E-state index in [4.69, 9.17) is 4.74 Å². The lowest BCUT2D eigenvalue weighted by molar-refractivity contribution is 0.0128. The third-order valence-corrected chi connectivity index (χ3v) is 3.02. The number of aliphatic hydroxyl groups is 2. The van der Waals surface area contributed by atoms with E-state index in [1.165, 1.54) is 12.1 Å². The van der Waals surface area contributed by atoms with Crippen LogP contribution in [0.3, 0.4) is 0 Å². The van der Waals surface area contributed by atoms with Gasteiger partial charge in [0.1, 0.15) is 23.6 Å². The van der Waals surface area contributed by atoms with Crippen LogP contribution in [0.5, 0.6) is 0 Å². The first kappa shape index (κ1) is 18.4. The Morgan fingerprint density at radius 1 is 1.27 bits per heavy atom. The number of amides is 1. The van der Waals surface area contributed by atoms with Gasteiger partial charge < -0.3 is 20.3 Å². The van der Waals surface area contributed by atoms with Gasteiger partial charge in [0.25, 0.3) is 0 Å². The molecular weight excluding hydrogens is 289 g/mol. The predicted octanol–water partition coefficient (Wildman–Crippen LogP) is 2.36. The van der Waals surface area contributed by atoms with Crippen LogP contribution in [-0.4, -0.2) is 34.6 Å². The second-order valence-corrected chi connectivity index (χ2v) is 6.36. The van der Waals surface area contributed by atoms with Gasteiger partial charge in [-0.25, -0.2) is 9.18 Å². The molecule has 1 aromatic rings. The molecule has 1 aromatic carbocycles. The standard InChI is InChI=1S/C16H24FNO4/c1-9-6-11(7-10(2)13(9)17)14(20)12(19)8-18-15(21)22-16(3,4)5/h6-7,12,14,19-20H,8H2,1-5H3,(H,18,21). The normalized spacial score (nSPS) is 14.4. The molecular formula is C16H24FNO4. The number of hydrogen-bond donors (Lipinski definition) is 3. The number of hydrogen-bond acceptors (Lipinski definition) is 4. The van der Waals surface area contributed by atoms with E-state index in [2.05, 4.69) is 5.32 Å². The van der Waals surface area contributed by atoms with Gasteiger partial charge in [-0.2, -0.15) is 0 Å². The van der Waals surface area contributed by atoms with Crippen molar-refractivity contribution in [1.29, 1.82) is 0 Å². The van der Waals surface area contributed by atoms with Crippen molar-refractivity contribution in [3.05, 3.63) is 34.6 Å². The molecule has 0 radical (unpaired) electrons. The summed E-state index contributed by atoms with van der Waals surface area (Å²) in [6, 6.07) is 2.95. The molecule has 0 aliphatic carbocycles. The lowest BCUT2D eigenvalue weighted by atomic mass is 9.99. The van der Waals surface area contributed by atoms with Crippen LogP contribution in [-0.2, 0) is 4.74 Å². The van der Waals surface area contributed by atoms with E-state index < -0.39 is 23.9 Å². The Labute approximate surface area is 130 Å². The number of carbonyl (C=O) groups is 1. The van der Waals surface area contributed by atoms with Gasteiger partial charge in [0.2, 0.25) is 0 Å². The molecule has 0 bridgehead atoms. The fraction of sp³-hybridized carbons (Fsp3) is 0.562. The number of aliphatic hydroxyl groups excluding tert-OH is 2. The summed E-state index contributed by atoms with van der Waals surface area (Å²) in [6.45, 7) is 8.17. The maximum atomic E-state index is 13.6. The van der Waals surface area contributed by atoms with Crippen molar-refractivity contribution in [3.8, 4) is 0 Å². The second kappa shape index (κ2) is 7.07. The first-order chi connectivity index (χ1) is 10.0. The molecule has 0 heterocycles. The van der Waals surface area contributed by atoms with E-state index >= 15 is 0 Å². The average molecular weight is 313 g/mol. The summed E-state index contributed by atoms with van der Waals surface area (Å²) in [5.41, 5.74) is 0.538. The lowest BCUT2D eigenvalue weighted by Gasteiger charge is -2.22. The number of aryl methyl sites for hydroxylation is 2. The minimum Gasteiger partial charge on any atom is -0.444 e. The molecule has 0 spiro atoms. The average Bonchev–Trinajstić information content (AvgIpc) is 2.38. The largest absolute Gasteiger partial charge is 0.444 e. The Morgan fingerprint density at radius 3 is 2.23 bits per heavy atom. The van der Waals surface area contributed by atoms with Gasteiger partial charge in [-0.05, 0) is 51.3 Å². The molecule has 124 valence electrons. The van der Waals surface area contributed by atoms with Crippen molar-refractivity contribution in [2.45, 2.75) is 52.4 Å². The maximum Gasteiger partial charge on any atom is 0.407 e. The van der Waals surface area contributed by atoms with Crippen molar-refractivity contribution >= 4 is 6.09 Å². The number of nitrogens with one attached hydrogen (secondary N) is 1. The van der Waals surface area contributed by atoms with Crippen LogP contribution in [0.4, 0.5) is 9.18 Å². The summed E-state index contributed by atoms with van der Waals surface area (Å²) < 4.78 is 18.6. The van der Waals surface area contributed by atoms with E-state index in [9.17, 15) is 19.4 Å². The van der Waals surface area contributed by atoms with E-state index in [1.807, 2.05) is 0 Å². The van der Waals surface area contributed by atoms with Crippen molar-refractivity contribution in [2.75, 3.05) is 6.54 Å². The molecule has 0 saturated carbocycles. The highest BCUT2D eigenvalue weighted by atomic mass is 19.1. The van der Waals surface area contributed by atoms with Crippen molar-refractivity contribution < 1.29 is 24.1 Å². The third-order valence-electron chi connectivity index (χ3n) is 3.02. The zero-order chi connectivity index (χ0) is 17.1. The molecule has 1 amide bonds. The van der Waals surface area contributed by atoms with Crippen LogP contribution in [0.1, 0.15) is 43.6 Å². The Balaban J connectivity index is 2.66. The van der Waals surface area contributed by atoms with Crippen molar-refractivity contribution in [1.82, 2.24) is 5.32 Å². The maximum absolute atomic E-state index is 13.6.